The topological polar surface area (TPSA) is 35.9 Å². The minimum Gasteiger partial charge on any atom is -0.389 e. The third-order valence-corrected chi connectivity index (χ3v) is 6.62. The van der Waals surface area contributed by atoms with E-state index in [4.69, 9.17) is 4.74 Å². The van der Waals surface area contributed by atoms with Crippen LogP contribution in [0.4, 0.5) is 0 Å². The number of allylic oxidation sites excluding steroid dienone is 1. The molecule has 1 saturated heterocycles. The Morgan fingerprint density at radius 1 is 1.42 bits per heavy atom. The van der Waals surface area contributed by atoms with Gasteiger partial charge in [-0.1, -0.05) is 19.9 Å². The molecular weight excluding hydrogens is 300 g/mol. The Labute approximate surface area is 147 Å². The first-order valence-corrected chi connectivity index (χ1v) is 9.68. The first-order valence-electron chi connectivity index (χ1n) is 9.68. The highest BCUT2D eigenvalue weighted by Crippen LogP contribution is 2.59. The zero-order chi connectivity index (χ0) is 17.3. The molecule has 0 unspecified atom stereocenters. The molecule has 138 valence electrons. The normalized spacial score (nSPS) is 33.4. The van der Waals surface area contributed by atoms with Gasteiger partial charge in [0, 0.05) is 19.6 Å². The van der Waals surface area contributed by atoms with E-state index >= 15 is 0 Å². The number of rotatable bonds is 8. The van der Waals surface area contributed by atoms with Gasteiger partial charge in [-0.15, -0.1) is 0 Å². The van der Waals surface area contributed by atoms with Gasteiger partial charge in [0.15, 0.2) is 0 Å². The Kier molecular flexibility index (Phi) is 5.70. The van der Waals surface area contributed by atoms with Crippen LogP contribution in [0.15, 0.2) is 11.6 Å². The van der Waals surface area contributed by atoms with Crippen molar-refractivity contribution in [3.63, 3.8) is 0 Å². The maximum atomic E-state index is 10.3. The quantitative estimate of drug-likeness (QED) is 0.690. The molecule has 2 fully saturated rings. The molecule has 24 heavy (non-hydrogen) atoms. The molecule has 1 saturated carbocycles. The van der Waals surface area contributed by atoms with Crippen molar-refractivity contribution in [1.82, 2.24) is 9.80 Å². The number of β-amino-alcohol motifs (C(OH)–C–C–N with tert-alkyl or cyclic N) is 1. The average Bonchev–Trinajstić information content (AvgIpc) is 2.93. The first-order chi connectivity index (χ1) is 11.4. The number of hydrogen-bond acceptors (Lipinski definition) is 4. The number of aliphatic hydroxyl groups excluding tert-OH is 1. The van der Waals surface area contributed by atoms with Crippen molar-refractivity contribution in [3.05, 3.63) is 11.6 Å². The molecule has 0 radical (unpaired) electrons. The van der Waals surface area contributed by atoms with Crippen LogP contribution in [0.25, 0.3) is 0 Å². The Morgan fingerprint density at radius 2 is 2.21 bits per heavy atom. The predicted octanol–water partition coefficient (Wildman–Crippen LogP) is 2.24. The molecule has 1 N–H and O–H groups in total. The molecule has 4 atom stereocenters. The van der Waals surface area contributed by atoms with Gasteiger partial charge in [-0.2, -0.15) is 0 Å². The molecule has 0 amide bonds. The van der Waals surface area contributed by atoms with Crippen LogP contribution in [0.1, 0.15) is 33.1 Å². The summed E-state index contributed by atoms with van der Waals surface area (Å²) in [5.74, 6) is 2.33. The van der Waals surface area contributed by atoms with E-state index in [9.17, 15) is 5.11 Å². The van der Waals surface area contributed by atoms with Crippen LogP contribution in [-0.2, 0) is 4.74 Å². The highest BCUT2D eigenvalue weighted by Gasteiger charge is 2.50. The molecule has 1 aliphatic heterocycles. The van der Waals surface area contributed by atoms with E-state index in [0.29, 0.717) is 24.5 Å². The lowest BCUT2D eigenvalue weighted by Gasteiger charge is -2.56. The monoisotopic (exact) mass is 336 g/mol. The van der Waals surface area contributed by atoms with Crippen molar-refractivity contribution >= 4 is 0 Å². The fraction of sp³-hybridized carbons (Fsp3) is 0.900. The van der Waals surface area contributed by atoms with Gasteiger partial charge >= 0.3 is 0 Å². The van der Waals surface area contributed by atoms with E-state index in [1.54, 1.807) is 0 Å². The molecule has 0 spiro atoms. The van der Waals surface area contributed by atoms with Crippen LogP contribution in [0, 0.1) is 23.2 Å². The fourth-order valence-corrected chi connectivity index (χ4v) is 5.05. The van der Waals surface area contributed by atoms with E-state index < -0.39 is 0 Å². The van der Waals surface area contributed by atoms with Crippen LogP contribution < -0.4 is 0 Å². The largest absolute Gasteiger partial charge is 0.389 e. The van der Waals surface area contributed by atoms with Crippen LogP contribution in [0.3, 0.4) is 0 Å². The van der Waals surface area contributed by atoms with E-state index in [0.717, 1.165) is 38.0 Å². The molecule has 4 nitrogen and oxygen atoms in total. The lowest BCUT2D eigenvalue weighted by molar-refractivity contribution is -0.0257. The maximum absolute atomic E-state index is 10.3. The molecule has 4 rings (SSSR count). The third-order valence-electron chi connectivity index (χ3n) is 6.62. The van der Waals surface area contributed by atoms with Gasteiger partial charge in [0.25, 0.3) is 0 Å². The summed E-state index contributed by atoms with van der Waals surface area (Å²) in [6.07, 6.45) is 5.83. The molecular formula is C20H36N2O2. The van der Waals surface area contributed by atoms with Gasteiger partial charge in [0.2, 0.25) is 0 Å². The Balaban J connectivity index is 1.34. The van der Waals surface area contributed by atoms with E-state index in [1.807, 2.05) is 0 Å². The van der Waals surface area contributed by atoms with Gasteiger partial charge < -0.3 is 19.6 Å². The molecule has 1 heterocycles. The minimum atomic E-state index is -0.366. The third kappa shape index (κ3) is 4.04. The second kappa shape index (κ2) is 7.45. The fourth-order valence-electron chi connectivity index (χ4n) is 5.05. The van der Waals surface area contributed by atoms with Gasteiger partial charge in [-0.05, 0) is 68.6 Å². The second-order valence-electron chi connectivity index (χ2n) is 9.17. The SMILES string of the molecule is CN(C)C[C@H]1CCN(C[C@H](O)COCC2=CC[C@H]3C[C@H]2C3(C)C)C1. The summed E-state index contributed by atoms with van der Waals surface area (Å²) in [5.41, 5.74) is 1.94. The lowest BCUT2D eigenvalue weighted by atomic mass is 9.49. The van der Waals surface area contributed by atoms with Crippen LogP contribution in [-0.4, -0.2) is 74.5 Å². The smallest absolute Gasteiger partial charge is 0.0900 e. The molecule has 4 aliphatic rings. The van der Waals surface area contributed by atoms with Crippen molar-refractivity contribution in [3.8, 4) is 0 Å². The van der Waals surface area contributed by atoms with Gasteiger partial charge in [-0.3, -0.25) is 0 Å². The number of aliphatic hydroxyl groups is 1. The summed E-state index contributed by atoms with van der Waals surface area (Å²) in [4.78, 5) is 4.65. The number of nitrogens with zero attached hydrogens (tertiary/aromatic N) is 2. The summed E-state index contributed by atoms with van der Waals surface area (Å²) in [7, 11) is 4.27. The predicted molar refractivity (Wildman–Crippen MR) is 98.0 cm³/mol. The van der Waals surface area contributed by atoms with E-state index in [-0.39, 0.29) is 6.10 Å². The number of hydrogen-bond donors (Lipinski definition) is 1. The molecule has 2 bridgehead atoms. The standard InChI is InChI=1S/C20H36N2O2/c1-20(2)17-6-5-16(19(20)9-17)13-24-14-18(23)12-22-8-7-15(11-22)10-21(3)4/h5,15,17-19,23H,6-14H2,1-4H3/t15-,17+,18+,19-/m1/s1. The molecule has 0 aromatic heterocycles. The molecule has 0 aromatic carbocycles. The van der Waals surface area contributed by atoms with Crippen molar-refractivity contribution in [2.45, 2.75) is 39.2 Å². The van der Waals surface area contributed by atoms with Crippen molar-refractivity contribution < 1.29 is 9.84 Å². The summed E-state index contributed by atoms with van der Waals surface area (Å²) in [5, 5.41) is 10.3. The molecule has 4 heteroatoms. The highest BCUT2D eigenvalue weighted by atomic mass is 16.5. The maximum Gasteiger partial charge on any atom is 0.0900 e. The summed E-state index contributed by atoms with van der Waals surface area (Å²) >= 11 is 0. The van der Waals surface area contributed by atoms with Gasteiger partial charge in [0.05, 0.1) is 19.3 Å². The van der Waals surface area contributed by atoms with E-state index in [1.165, 1.54) is 24.8 Å². The number of ether oxygens (including phenoxy) is 1. The summed E-state index contributed by atoms with van der Waals surface area (Å²) in [6.45, 7) is 10.1. The zero-order valence-corrected chi connectivity index (χ0v) is 16.0. The second-order valence-corrected chi connectivity index (χ2v) is 9.17. The van der Waals surface area contributed by atoms with E-state index in [2.05, 4.69) is 43.8 Å². The van der Waals surface area contributed by atoms with Crippen LogP contribution in [0.5, 0.6) is 0 Å². The van der Waals surface area contributed by atoms with Crippen LogP contribution >= 0.6 is 0 Å². The minimum absolute atomic E-state index is 0.366. The molecule has 3 aliphatic carbocycles. The van der Waals surface area contributed by atoms with Crippen molar-refractivity contribution in [1.29, 1.82) is 0 Å². The lowest BCUT2D eigenvalue weighted by Crippen LogP contribution is -2.48. The zero-order valence-electron chi connectivity index (χ0n) is 16.0. The Hall–Kier alpha value is -0.420. The van der Waals surface area contributed by atoms with Crippen LogP contribution in [0.2, 0.25) is 0 Å². The van der Waals surface area contributed by atoms with Crippen molar-refractivity contribution in [2.75, 3.05) is 53.5 Å². The highest BCUT2D eigenvalue weighted by molar-refractivity contribution is 5.23. The Morgan fingerprint density at radius 3 is 2.88 bits per heavy atom. The average molecular weight is 337 g/mol. The first kappa shape index (κ1) is 18.4. The molecule has 0 aromatic rings. The number of likely N-dealkylation sites (tertiary alicyclic amines) is 1. The van der Waals surface area contributed by atoms with Crippen molar-refractivity contribution in [2.24, 2.45) is 23.2 Å². The summed E-state index contributed by atoms with van der Waals surface area (Å²) < 4.78 is 5.87. The van der Waals surface area contributed by atoms with Gasteiger partial charge in [-0.25, -0.2) is 0 Å². The Bertz CT molecular complexity index is 461. The summed E-state index contributed by atoms with van der Waals surface area (Å²) in [6, 6.07) is 0. The number of fused-ring (bicyclic) bond motifs is 1. The van der Waals surface area contributed by atoms with Gasteiger partial charge in [0.1, 0.15) is 0 Å².